The molecule has 1 aliphatic rings. The zero-order valence-corrected chi connectivity index (χ0v) is 10.7. The minimum atomic E-state index is -0.192. The monoisotopic (exact) mass is 257 g/mol. The van der Waals surface area contributed by atoms with Crippen molar-refractivity contribution in [3.63, 3.8) is 0 Å². The van der Waals surface area contributed by atoms with Crippen molar-refractivity contribution in [2.45, 2.75) is 12.5 Å². The number of imidazole rings is 1. The van der Waals surface area contributed by atoms with E-state index in [1.165, 1.54) is 0 Å². The highest BCUT2D eigenvalue weighted by Crippen LogP contribution is 2.30. The highest BCUT2D eigenvalue weighted by Gasteiger charge is 2.31. The van der Waals surface area contributed by atoms with Crippen molar-refractivity contribution < 1.29 is 4.79 Å². The Labute approximate surface area is 110 Å². The molecule has 0 aromatic carbocycles. The maximum atomic E-state index is 12.1. The second kappa shape index (κ2) is 4.38. The van der Waals surface area contributed by atoms with Crippen LogP contribution >= 0.6 is 0 Å². The first kappa shape index (κ1) is 11.7. The average molecular weight is 257 g/mol. The van der Waals surface area contributed by atoms with Gasteiger partial charge in [0.05, 0.1) is 18.2 Å². The number of likely N-dealkylation sites (N-methyl/N-ethyl adjacent to an activating group) is 1. The Balaban J connectivity index is 2.05. The number of amides is 1. The van der Waals surface area contributed by atoms with Crippen LogP contribution in [0.3, 0.4) is 0 Å². The van der Waals surface area contributed by atoms with E-state index in [4.69, 9.17) is 5.73 Å². The van der Waals surface area contributed by atoms with Gasteiger partial charge in [-0.3, -0.25) is 9.78 Å². The van der Waals surface area contributed by atoms with Crippen LogP contribution in [0.5, 0.6) is 0 Å². The Morgan fingerprint density at radius 1 is 1.37 bits per heavy atom. The molecule has 3 heterocycles. The minimum Gasteiger partial charge on any atom is -0.398 e. The van der Waals surface area contributed by atoms with Crippen LogP contribution < -0.4 is 5.73 Å². The molecule has 6 heteroatoms. The zero-order chi connectivity index (χ0) is 13.4. The van der Waals surface area contributed by atoms with Gasteiger partial charge in [-0.1, -0.05) is 0 Å². The van der Waals surface area contributed by atoms with Crippen LogP contribution in [-0.4, -0.2) is 38.9 Å². The first-order valence-corrected chi connectivity index (χ1v) is 6.15. The standard InChI is InChI=1S/C13H15N5O/c1-17-5-3-11(13(17)19)18-8-16-7-12(18)9-6-15-4-2-10(9)14/h2,4,6-8,11H,3,5H2,1H3,(H2,14,15). The van der Waals surface area contributed by atoms with Gasteiger partial charge in [0.25, 0.3) is 0 Å². The van der Waals surface area contributed by atoms with Crippen molar-refractivity contribution in [2.75, 3.05) is 19.3 Å². The Hall–Kier alpha value is -2.37. The molecule has 0 saturated carbocycles. The van der Waals surface area contributed by atoms with E-state index in [0.717, 1.165) is 24.2 Å². The van der Waals surface area contributed by atoms with E-state index < -0.39 is 0 Å². The lowest BCUT2D eigenvalue weighted by Crippen LogP contribution is -2.24. The molecule has 3 rings (SSSR count). The summed E-state index contributed by atoms with van der Waals surface area (Å²) in [5, 5.41) is 0. The molecule has 0 aliphatic carbocycles. The molecule has 2 aromatic rings. The van der Waals surface area contributed by atoms with Crippen LogP contribution in [0.15, 0.2) is 31.0 Å². The van der Waals surface area contributed by atoms with Crippen LogP contribution in [0.2, 0.25) is 0 Å². The number of hydrogen-bond donors (Lipinski definition) is 1. The van der Waals surface area contributed by atoms with Crippen molar-refractivity contribution >= 4 is 11.6 Å². The molecule has 98 valence electrons. The number of aromatic nitrogens is 3. The summed E-state index contributed by atoms with van der Waals surface area (Å²) in [5.41, 5.74) is 8.24. The fourth-order valence-electron chi connectivity index (χ4n) is 2.44. The Morgan fingerprint density at radius 2 is 2.21 bits per heavy atom. The van der Waals surface area contributed by atoms with Crippen LogP contribution in [0.1, 0.15) is 12.5 Å². The number of nitrogen functional groups attached to an aromatic ring is 1. The Bertz CT molecular complexity index is 621. The van der Waals surface area contributed by atoms with Gasteiger partial charge in [0.1, 0.15) is 6.04 Å². The largest absolute Gasteiger partial charge is 0.398 e. The van der Waals surface area contributed by atoms with Crippen molar-refractivity contribution in [3.8, 4) is 11.3 Å². The summed E-state index contributed by atoms with van der Waals surface area (Å²) in [7, 11) is 1.82. The quantitative estimate of drug-likeness (QED) is 0.868. The lowest BCUT2D eigenvalue weighted by Gasteiger charge is -2.15. The third kappa shape index (κ3) is 1.85. The molecule has 6 nitrogen and oxygen atoms in total. The predicted molar refractivity (Wildman–Crippen MR) is 71.2 cm³/mol. The van der Waals surface area contributed by atoms with E-state index >= 15 is 0 Å². The summed E-state index contributed by atoms with van der Waals surface area (Å²) >= 11 is 0. The van der Waals surface area contributed by atoms with Gasteiger partial charge in [-0.15, -0.1) is 0 Å². The molecule has 1 saturated heterocycles. The maximum absolute atomic E-state index is 12.1. The van der Waals surface area contributed by atoms with Gasteiger partial charge >= 0.3 is 0 Å². The van der Waals surface area contributed by atoms with Gasteiger partial charge in [-0.05, 0) is 12.5 Å². The molecule has 1 atom stereocenters. The van der Waals surface area contributed by atoms with E-state index in [1.807, 2.05) is 11.6 Å². The number of carbonyl (C=O) groups is 1. The molecule has 1 aliphatic heterocycles. The maximum Gasteiger partial charge on any atom is 0.245 e. The Kier molecular flexibility index (Phi) is 2.70. The number of likely N-dealkylation sites (tertiary alicyclic amines) is 1. The molecule has 0 radical (unpaired) electrons. The van der Waals surface area contributed by atoms with E-state index in [-0.39, 0.29) is 11.9 Å². The van der Waals surface area contributed by atoms with Crippen molar-refractivity contribution in [1.29, 1.82) is 0 Å². The molecule has 2 N–H and O–H groups in total. The molecule has 19 heavy (non-hydrogen) atoms. The topological polar surface area (TPSA) is 77.0 Å². The number of anilines is 1. The third-order valence-electron chi connectivity index (χ3n) is 3.53. The lowest BCUT2D eigenvalue weighted by atomic mass is 10.1. The first-order valence-electron chi connectivity index (χ1n) is 6.15. The van der Waals surface area contributed by atoms with Gasteiger partial charge in [-0.2, -0.15) is 0 Å². The number of carbonyl (C=O) groups excluding carboxylic acids is 1. The second-order valence-corrected chi connectivity index (χ2v) is 4.71. The SMILES string of the molecule is CN1CCC(n2cncc2-c2cnccc2N)C1=O. The lowest BCUT2D eigenvalue weighted by molar-refractivity contribution is -0.129. The van der Waals surface area contributed by atoms with Crippen LogP contribution in [0.25, 0.3) is 11.3 Å². The normalized spacial score (nSPS) is 19.1. The van der Waals surface area contributed by atoms with Crippen molar-refractivity contribution in [3.05, 3.63) is 31.0 Å². The van der Waals surface area contributed by atoms with E-state index in [9.17, 15) is 4.79 Å². The van der Waals surface area contributed by atoms with E-state index in [2.05, 4.69) is 9.97 Å². The summed E-state index contributed by atoms with van der Waals surface area (Å²) in [4.78, 5) is 22.1. The fourth-order valence-corrected chi connectivity index (χ4v) is 2.44. The molecule has 1 fully saturated rings. The smallest absolute Gasteiger partial charge is 0.245 e. The van der Waals surface area contributed by atoms with Crippen molar-refractivity contribution in [1.82, 2.24) is 19.4 Å². The number of nitrogens with two attached hydrogens (primary N) is 1. The number of nitrogens with zero attached hydrogens (tertiary/aromatic N) is 4. The summed E-state index contributed by atoms with van der Waals surface area (Å²) in [6.45, 7) is 0.768. The average Bonchev–Trinajstić information content (AvgIpc) is 2.99. The van der Waals surface area contributed by atoms with Gasteiger partial charge in [0, 0.05) is 37.2 Å². The third-order valence-corrected chi connectivity index (χ3v) is 3.53. The molecular weight excluding hydrogens is 242 g/mol. The van der Waals surface area contributed by atoms with Gasteiger partial charge in [0.15, 0.2) is 0 Å². The second-order valence-electron chi connectivity index (χ2n) is 4.71. The van der Waals surface area contributed by atoms with Crippen molar-refractivity contribution in [2.24, 2.45) is 0 Å². The minimum absolute atomic E-state index is 0.113. The van der Waals surface area contributed by atoms with Gasteiger partial charge in [-0.25, -0.2) is 4.98 Å². The fraction of sp³-hybridized carbons (Fsp3) is 0.308. The van der Waals surface area contributed by atoms with Crippen LogP contribution in [0.4, 0.5) is 5.69 Å². The summed E-state index contributed by atoms with van der Waals surface area (Å²) in [5.74, 6) is 0.113. The number of rotatable bonds is 2. The van der Waals surface area contributed by atoms with Gasteiger partial charge < -0.3 is 15.2 Å². The van der Waals surface area contributed by atoms with Gasteiger partial charge in [0.2, 0.25) is 5.91 Å². The zero-order valence-electron chi connectivity index (χ0n) is 10.7. The molecule has 1 unspecified atom stereocenters. The number of pyridine rings is 1. The molecular formula is C13H15N5O. The molecule has 0 bridgehead atoms. The Morgan fingerprint density at radius 3 is 2.89 bits per heavy atom. The molecule has 1 amide bonds. The summed E-state index contributed by atoms with van der Waals surface area (Å²) in [6, 6.07) is 1.55. The predicted octanol–water partition coefficient (Wildman–Crippen LogP) is 0.930. The first-order chi connectivity index (χ1) is 9.18. The van der Waals surface area contributed by atoms with E-state index in [1.54, 1.807) is 35.9 Å². The molecule has 2 aromatic heterocycles. The highest BCUT2D eigenvalue weighted by molar-refractivity contribution is 5.83. The van der Waals surface area contributed by atoms with Crippen LogP contribution in [-0.2, 0) is 4.79 Å². The summed E-state index contributed by atoms with van der Waals surface area (Å²) < 4.78 is 1.89. The molecule has 0 spiro atoms. The van der Waals surface area contributed by atoms with Crippen LogP contribution in [0, 0.1) is 0 Å². The number of hydrogen-bond acceptors (Lipinski definition) is 4. The highest BCUT2D eigenvalue weighted by atomic mass is 16.2. The summed E-state index contributed by atoms with van der Waals surface area (Å²) in [6.07, 6.45) is 7.54. The van der Waals surface area contributed by atoms with E-state index in [0.29, 0.717) is 5.69 Å².